The number of benzene rings is 1. The molecule has 1 aromatic heterocycles. The molecule has 1 heterocycles. The Morgan fingerprint density at radius 3 is 2.89 bits per heavy atom. The number of fused-ring (bicyclic) bond motifs is 1. The Balaban J connectivity index is 1.74. The molecule has 0 saturated heterocycles. The summed E-state index contributed by atoms with van der Waals surface area (Å²) in [5, 5.41) is 2.97. The lowest BCUT2D eigenvalue weighted by Crippen LogP contribution is -2.26. The van der Waals surface area contributed by atoms with Gasteiger partial charge in [-0.1, -0.05) is 19.1 Å². The van der Waals surface area contributed by atoms with Crippen molar-refractivity contribution in [3.8, 4) is 0 Å². The van der Waals surface area contributed by atoms with E-state index in [-0.39, 0.29) is 11.8 Å². The third-order valence-corrected chi connectivity index (χ3v) is 3.75. The van der Waals surface area contributed by atoms with Gasteiger partial charge in [0.05, 0.1) is 17.6 Å². The number of aryl methyl sites for hydroxylation is 1. The van der Waals surface area contributed by atoms with E-state index in [0.717, 1.165) is 23.3 Å². The number of carbonyl (C=O) groups excluding carboxylic acids is 1. The van der Waals surface area contributed by atoms with Crippen molar-refractivity contribution in [3.63, 3.8) is 0 Å². The molecule has 94 valence electrons. The fraction of sp³-hybridized carbons (Fsp3) is 0.429. The van der Waals surface area contributed by atoms with Crippen LogP contribution in [-0.2, 0) is 18.4 Å². The van der Waals surface area contributed by atoms with E-state index in [1.54, 1.807) is 0 Å². The zero-order chi connectivity index (χ0) is 12.7. The summed E-state index contributed by atoms with van der Waals surface area (Å²) in [7, 11) is 1.98. The molecular formula is C14H17N3O. The first kappa shape index (κ1) is 11.3. The van der Waals surface area contributed by atoms with Crippen molar-refractivity contribution in [1.82, 2.24) is 14.9 Å². The van der Waals surface area contributed by atoms with Crippen LogP contribution in [0.3, 0.4) is 0 Å². The Bertz CT molecular complexity index is 602. The number of carbonyl (C=O) groups is 1. The zero-order valence-electron chi connectivity index (χ0n) is 10.7. The maximum Gasteiger partial charge on any atom is 0.223 e. The van der Waals surface area contributed by atoms with Gasteiger partial charge in [-0.15, -0.1) is 0 Å². The highest BCUT2D eigenvalue weighted by molar-refractivity contribution is 5.81. The highest BCUT2D eigenvalue weighted by atomic mass is 16.2. The molecule has 18 heavy (non-hydrogen) atoms. The largest absolute Gasteiger partial charge is 0.349 e. The number of aromatic nitrogens is 2. The average molecular weight is 243 g/mol. The second kappa shape index (κ2) is 4.12. The topological polar surface area (TPSA) is 46.9 Å². The van der Waals surface area contributed by atoms with Crippen LogP contribution in [0.5, 0.6) is 0 Å². The van der Waals surface area contributed by atoms with Crippen molar-refractivity contribution >= 4 is 16.9 Å². The molecule has 0 bridgehead atoms. The van der Waals surface area contributed by atoms with Crippen LogP contribution in [-0.4, -0.2) is 15.5 Å². The number of nitrogens with one attached hydrogen (secondary N) is 1. The average Bonchev–Trinajstić information content (AvgIpc) is 3.02. The van der Waals surface area contributed by atoms with Crippen molar-refractivity contribution in [3.05, 3.63) is 30.1 Å². The molecule has 1 aliphatic carbocycles. The van der Waals surface area contributed by atoms with Crippen LogP contribution >= 0.6 is 0 Å². The number of hydrogen-bond acceptors (Lipinski definition) is 2. The summed E-state index contributed by atoms with van der Waals surface area (Å²) >= 11 is 0. The number of imidazole rings is 1. The van der Waals surface area contributed by atoms with Crippen molar-refractivity contribution in [1.29, 1.82) is 0 Å². The molecule has 1 saturated carbocycles. The molecule has 3 rings (SSSR count). The molecule has 0 aliphatic heterocycles. The van der Waals surface area contributed by atoms with Gasteiger partial charge < -0.3 is 9.88 Å². The summed E-state index contributed by atoms with van der Waals surface area (Å²) in [5.41, 5.74) is 2.07. The minimum atomic E-state index is 0.162. The molecule has 1 fully saturated rings. The van der Waals surface area contributed by atoms with E-state index in [9.17, 15) is 4.79 Å². The van der Waals surface area contributed by atoms with Crippen LogP contribution in [0.1, 0.15) is 19.2 Å². The molecule has 1 aliphatic rings. The quantitative estimate of drug-likeness (QED) is 0.894. The number of para-hydroxylation sites is 2. The van der Waals surface area contributed by atoms with Gasteiger partial charge in [0.15, 0.2) is 0 Å². The lowest BCUT2D eigenvalue weighted by Gasteiger charge is -2.04. The fourth-order valence-electron chi connectivity index (χ4n) is 2.34. The van der Waals surface area contributed by atoms with Crippen LogP contribution in [0, 0.1) is 11.8 Å². The Hall–Kier alpha value is -1.84. The van der Waals surface area contributed by atoms with Crippen molar-refractivity contribution < 1.29 is 4.79 Å². The smallest absolute Gasteiger partial charge is 0.223 e. The third kappa shape index (κ3) is 1.88. The first-order valence-corrected chi connectivity index (χ1v) is 6.35. The Labute approximate surface area is 106 Å². The summed E-state index contributed by atoms with van der Waals surface area (Å²) in [6, 6.07) is 8.00. The molecule has 1 aromatic carbocycles. The summed E-state index contributed by atoms with van der Waals surface area (Å²) in [6.07, 6.45) is 1.02. The zero-order valence-corrected chi connectivity index (χ0v) is 10.7. The van der Waals surface area contributed by atoms with E-state index in [1.165, 1.54) is 0 Å². The molecule has 2 unspecified atom stereocenters. The molecule has 1 N–H and O–H groups in total. The highest BCUT2D eigenvalue weighted by Crippen LogP contribution is 2.37. The van der Waals surface area contributed by atoms with Gasteiger partial charge in [-0.2, -0.15) is 0 Å². The summed E-state index contributed by atoms with van der Waals surface area (Å²) in [5.74, 6) is 1.83. The van der Waals surface area contributed by atoms with Gasteiger partial charge in [-0.05, 0) is 24.5 Å². The van der Waals surface area contributed by atoms with Gasteiger partial charge in [0.1, 0.15) is 5.82 Å². The van der Waals surface area contributed by atoms with Crippen molar-refractivity contribution in [2.45, 2.75) is 19.9 Å². The van der Waals surface area contributed by atoms with E-state index in [0.29, 0.717) is 12.5 Å². The van der Waals surface area contributed by atoms with Gasteiger partial charge in [0, 0.05) is 13.0 Å². The van der Waals surface area contributed by atoms with Gasteiger partial charge in [0.2, 0.25) is 5.91 Å². The normalized spacial score (nSPS) is 22.1. The van der Waals surface area contributed by atoms with E-state index in [1.807, 2.05) is 35.9 Å². The van der Waals surface area contributed by atoms with E-state index in [2.05, 4.69) is 17.2 Å². The molecule has 0 spiro atoms. The Morgan fingerprint density at radius 1 is 1.50 bits per heavy atom. The summed E-state index contributed by atoms with van der Waals surface area (Å²) in [4.78, 5) is 16.3. The van der Waals surface area contributed by atoms with Crippen LogP contribution in [0.4, 0.5) is 0 Å². The molecule has 2 aromatic rings. The fourth-order valence-corrected chi connectivity index (χ4v) is 2.34. The van der Waals surface area contributed by atoms with E-state index in [4.69, 9.17) is 0 Å². The van der Waals surface area contributed by atoms with Crippen molar-refractivity contribution in [2.24, 2.45) is 18.9 Å². The lowest BCUT2D eigenvalue weighted by molar-refractivity contribution is -0.122. The minimum absolute atomic E-state index is 0.162. The number of nitrogens with zero attached hydrogens (tertiary/aromatic N) is 2. The lowest BCUT2D eigenvalue weighted by atomic mass is 10.3. The highest BCUT2D eigenvalue weighted by Gasteiger charge is 2.38. The van der Waals surface area contributed by atoms with E-state index < -0.39 is 0 Å². The van der Waals surface area contributed by atoms with Crippen LogP contribution in [0.2, 0.25) is 0 Å². The summed E-state index contributed by atoms with van der Waals surface area (Å²) in [6.45, 7) is 2.62. The SMILES string of the molecule is CC1CC1C(=O)NCc1nc2ccccc2n1C. The standard InChI is InChI=1S/C14H17N3O/c1-9-7-10(9)14(18)15-8-13-16-11-5-3-4-6-12(11)17(13)2/h3-6,9-10H,7-8H2,1-2H3,(H,15,18). The van der Waals surface area contributed by atoms with Gasteiger partial charge >= 0.3 is 0 Å². The molecule has 4 nitrogen and oxygen atoms in total. The summed E-state index contributed by atoms with van der Waals surface area (Å²) < 4.78 is 2.03. The number of rotatable bonds is 3. The van der Waals surface area contributed by atoms with Gasteiger partial charge in [-0.25, -0.2) is 4.98 Å². The Kier molecular flexibility index (Phi) is 2.58. The van der Waals surface area contributed by atoms with Gasteiger partial charge in [-0.3, -0.25) is 4.79 Å². The van der Waals surface area contributed by atoms with E-state index >= 15 is 0 Å². The third-order valence-electron chi connectivity index (χ3n) is 3.75. The molecular weight excluding hydrogens is 226 g/mol. The second-order valence-corrected chi connectivity index (χ2v) is 5.11. The molecule has 1 amide bonds. The first-order valence-electron chi connectivity index (χ1n) is 6.35. The monoisotopic (exact) mass is 243 g/mol. The number of hydrogen-bond donors (Lipinski definition) is 1. The van der Waals surface area contributed by atoms with Crippen molar-refractivity contribution in [2.75, 3.05) is 0 Å². The Morgan fingerprint density at radius 2 is 2.22 bits per heavy atom. The second-order valence-electron chi connectivity index (χ2n) is 5.11. The predicted molar refractivity (Wildman–Crippen MR) is 69.8 cm³/mol. The van der Waals surface area contributed by atoms with Crippen LogP contribution < -0.4 is 5.32 Å². The maximum absolute atomic E-state index is 11.8. The molecule has 4 heteroatoms. The van der Waals surface area contributed by atoms with Crippen LogP contribution in [0.25, 0.3) is 11.0 Å². The number of amides is 1. The van der Waals surface area contributed by atoms with Crippen LogP contribution in [0.15, 0.2) is 24.3 Å². The molecule has 0 radical (unpaired) electrons. The minimum Gasteiger partial charge on any atom is -0.349 e. The predicted octanol–water partition coefficient (Wildman–Crippen LogP) is 1.85. The molecule has 2 atom stereocenters. The maximum atomic E-state index is 11.8. The van der Waals surface area contributed by atoms with Gasteiger partial charge in [0.25, 0.3) is 0 Å². The first-order chi connectivity index (χ1) is 8.66.